The van der Waals surface area contributed by atoms with Gasteiger partial charge in [-0.1, -0.05) is 6.07 Å². The lowest BCUT2D eigenvalue weighted by Crippen LogP contribution is -2.45. The van der Waals surface area contributed by atoms with E-state index in [1.54, 1.807) is 18.3 Å². The van der Waals surface area contributed by atoms with Gasteiger partial charge in [0.2, 0.25) is 0 Å². The van der Waals surface area contributed by atoms with Crippen LogP contribution in [0.1, 0.15) is 12.8 Å². The summed E-state index contributed by atoms with van der Waals surface area (Å²) in [5.74, 6) is 0.669. The Kier molecular flexibility index (Phi) is 4.69. The number of halogens is 1. The summed E-state index contributed by atoms with van der Waals surface area (Å²) in [6, 6.07) is 14.0. The molecule has 0 unspecified atom stereocenters. The largest absolute Gasteiger partial charge is 0.356 e. The van der Waals surface area contributed by atoms with Crippen molar-refractivity contribution < 1.29 is 13.9 Å². The number of anilines is 1. The highest BCUT2D eigenvalue weighted by Gasteiger charge is 2.40. The van der Waals surface area contributed by atoms with E-state index in [2.05, 4.69) is 9.88 Å². The molecule has 2 fully saturated rings. The third kappa shape index (κ3) is 3.71. The van der Waals surface area contributed by atoms with E-state index in [1.165, 1.54) is 12.1 Å². The van der Waals surface area contributed by atoms with Crippen molar-refractivity contribution >= 4 is 5.82 Å². The van der Waals surface area contributed by atoms with Crippen molar-refractivity contribution in [1.82, 2.24) is 15.0 Å². The molecule has 2 saturated heterocycles. The Bertz CT molecular complexity index is 981. The van der Waals surface area contributed by atoms with E-state index in [1.807, 2.05) is 24.3 Å². The first kappa shape index (κ1) is 18.1. The standard InChI is InChI=1S/C22H21FN4O2/c23-17-6-4-16(5-7-17)19-15-20(26-21(25-19)18-3-1-2-10-24-18)27-11-8-22(9-12-27)28-13-14-29-22/h1-7,10,15H,8-9,11-14H2. The fraction of sp³-hybridized carbons (Fsp3) is 0.318. The molecule has 2 aromatic heterocycles. The lowest BCUT2D eigenvalue weighted by Gasteiger charge is -2.38. The van der Waals surface area contributed by atoms with Crippen LogP contribution in [0.15, 0.2) is 54.7 Å². The van der Waals surface area contributed by atoms with Crippen molar-refractivity contribution in [1.29, 1.82) is 0 Å². The molecule has 3 aromatic rings. The molecule has 0 N–H and O–H groups in total. The fourth-order valence-corrected chi connectivity index (χ4v) is 3.84. The van der Waals surface area contributed by atoms with Gasteiger partial charge in [-0.15, -0.1) is 0 Å². The number of piperidine rings is 1. The predicted molar refractivity (Wildman–Crippen MR) is 107 cm³/mol. The zero-order valence-electron chi connectivity index (χ0n) is 15.9. The third-order valence-electron chi connectivity index (χ3n) is 5.41. The second-order valence-electron chi connectivity index (χ2n) is 7.25. The summed E-state index contributed by atoms with van der Waals surface area (Å²) in [5, 5.41) is 0. The van der Waals surface area contributed by atoms with E-state index in [0.29, 0.717) is 24.7 Å². The summed E-state index contributed by atoms with van der Waals surface area (Å²) in [6.07, 6.45) is 3.31. The minimum atomic E-state index is -0.437. The Morgan fingerprint density at radius 1 is 0.897 bits per heavy atom. The number of pyridine rings is 1. The van der Waals surface area contributed by atoms with Gasteiger partial charge in [0.05, 0.1) is 18.9 Å². The quantitative estimate of drug-likeness (QED) is 0.678. The van der Waals surface area contributed by atoms with Gasteiger partial charge >= 0.3 is 0 Å². The SMILES string of the molecule is Fc1ccc(-c2cc(N3CCC4(CC3)OCCO4)nc(-c3ccccn3)n2)cc1. The summed E-state index contributed by atoms with van der Waals surface area (Å²) >= 11 is 0. The summed E-state index contributed by atoms with van der Waals surface area (Å²) < 4.78 is 25.1. The van der Waals surface area contributed by atoms with E-state index in [-0.39, 0.29) is 5.82 Å². The van der Waals surface area contributed by atoms with Gasteiger partial charge in [-0.3, -0.25) is 4.98 Å². The van der Waals surface area contributed by atoms with E-state index in [9.17, 15) is 4.39 Å². The van der Waals surface area contributed by atoms with Crippen LogP contribution in [0.25, 0.3) is 22.8 Å². The molecule has 5 rings (SSSR count). The molecule has 0 saturated carbocycles. The molecular weight excluding hydrogens is 371 g/mol. The van der Waals surface area contributed by atoms with Crippen molar-refractivity contribution in [3.8, 4) is 22.8 Å². The minimum absolute atomic E-state index is 0.272. The predicted octanol–water partition coefficient (Wildman–Crippen LogP) is 3.69. The van der Waals surface area contributed by atoms with Crippen LogP contribution in [0.3, 0.4) is 0 Å². The molecular formula is C22H21FN4O2. The first-order chi connectivity index (χ1) is 14.2. The van der Waals surface area contributed by atoms with Gasteiger partial charge in [0, 0.05) is 43.8 Å². The molecule has 1 spiro atoms. The van der Waals surface area contributed by atoms with Crippen LogP contribution in [-0.2, 0) is 9.47 Å². The fourth-order valence-electron chi connectivity index (χ4n) is 3.84. The first-order valence-corrected chi connectivity index (χ1v) is 9.80. The van der Waals surface area contributed by atoms with Gasteiger partial charge in [0.1, 0.15) is 17.3 Å². The highest BCUT2D eigenvalue weighted by atomic mass is 19.1. The second kappa shape index (κ2) is 7.50. The molecule has 6 nitrogen and oxygen atoms in total. The zero-order valence-corrected chi connectivity index (χ0v) is 15.9. The summed E-state index contributed by atoms with van der Waals surface area (Å²) in [7, 11) is 0. The topological polar surface area (TPSA) is 60.4 Å². The Morgan fingerprint density at radius 2 is 1.66 bits per heavy atom. The van der Waals surface area contributed by atoms with Crippen LogP contribution < -0.4 is 4.90 Å². The van der Waals surface area contributed by atoms with Crippen molar-refractivity contribution in [2.75, 3.05) is 31.2 Å². The van der Waals surface area contributed by atoms with E-state index in [0.717, 1.165) is 43.0 Å². The molecule has 0 amide bonds. The molecule has 29 heavy (non-hydrogen) atoms. The van der Waals surface area contributed by atoms with Crippen LogP contribution in [-0.4, -0.2) is 47.0 Å². The normalized spacial score (nSPS) is 18.3. The molecule has 2 aliphatic rings. The average molecular weight is 392 g/mol. The second-order valence-corrected chi connectivity index (χ2v) is 7.25. The number of aromatic nitrogens is 3. The van der Waals surface area contributed by atoms with Crippen LogP contribution >= 0.6 is 0 Å². The van der Waals surface area contributed by atoms with Crippen molar-refractivity contribution in [3.63, 3.8) is 0 Å². The number of ether oxygens (including phenoxy) is 2. The van der Waals surface area contributed by atoms with E-state index >= 15 is 0 Å². The number of benzene rings is 1. The zero-order chi connectivity index (χ0) is 19.7. The van der Waals surface area contributed by atoms with E-state index in [4.69, 9.17) is 19.4 Å². The molecule has 0 bridgehead atoms. The van der Waals surface area contributed by atoms with Crippen LogP contribution in [0, 0.1) is 5.82 Å². The van der Waals surface area contributed by atoms with Gasteiger partial charge in [-0.25, -0.2) is 14.4 Å². The van der Waals surface area contributed by atoms with E-state index < -0.39 is 5.79 Å². The maximum atomic E-state index is 13.4. The Hall–Kier alpha value is -2.90. The molecule has 7 heteroatoms. The third-order valence-corrected chi connectivity index (χ3v) is 5.41. The summed E-state index contributed by atoms with van der Waals surface area (Å²) in [5.41, 5.74) is 2.28. The van der Waals surface area contributed by atoms with Crippen molar-refractivity contribution in [2.45, 2.75) is 18.6 Å². The minimum Gasteiger partial charge on any atom is -0.356 e. The molecule has 0 atom stereocenters. The van der Waals surface area contributed by atoms with Crippen LogP contribution in [0.5, 0.6) is 0 Å². The Morgan fingerprint density at radius 3 is 2.34 bits per heavy atom. The van der Waals surface area contributed by atoms with Crippen molar-refractivity contribution in [3.05, 3.63) is 60.5 Å². The highest BCUT2D eigenvalue weighted by Crippen LogP contribution is 2.34. The highest BCUT2D eigenvalue weighted by molar-refractivity contribution is 5.66. The molecule has 0 aliphatic carbocycles. The van der Waals surface area contributed by atoms with Crippen molar-refractivity contribution in [2.24, 2.45) is 0 Å². The number of rotatable bonds is 3. The maximum absolute atomic E-state index is 13.4. The lowest BCUT2D eigenvalue weighted by atomic mass is 10.0. The molecule has 1 aromatic carbocycles. The van der Waals surface area contributed by atoms with Gasteiger partial charge in [-0.05, 0) is 36.4 Å². The van der Waals surface area contributed by atoms with Gasteiger partial charge in [0.15, 0.2) is 11.6 Å². The molecule has 4 heterocycles. The molecule has 0 radical (unpaired) electrons. The average Bonchev–Trinajstić information content (AvgIpc) is 3.23. The summed E-state index contributed by atoms with van der Waals surface area (Å²) in [4.78, 5) is 16.1. The Labute approximate surface area is 168 Å². The first-order valence-electron chi connectivity index (χ1n) is 9.80. The number of hydrogen-bond donors (Lipinski definition) is 0. The van der Waals surface area contributed by atoms with Gasteiger partial charge in [-0.2, -0.15) is 0 Å². The monoisotopic (exact) mass is 392 g/mol. The summed E-state index contributed by atoms with van der Waals surface area (Å²) in [6.45, 7) is 2.88. The van der Waals surface area contributed by atoms with Crippen LogP contribution in [0.2, 0.25) is 0 Å². The lowest BCUT2D eigenvalue weighted by molar-refractivity contribution is -0.169. The number of nitrogens with zero attached hydrogens (tertiary/aromatic N) is 4. The maximum Gasteiger partial charge on any atom is 0.180 e. The van der Waals surface area contributed by atoms with Gasteiger partial charge in [0.25, 0.3) is 0 Å². The smallest absolute Gasteiger partial charge is 0.180 e. The Balaban J connectivity index is 1.50. The molecule has 148 valence electrons. The number of hydrogen-bond acceptors (Lipinski definition) is 6. The van der Waals surface area contributed by atoms with Gasteiger partial charge < -0.3 is 14.4 Å². The molecule has 2 aliphatic heterocycles. The van der Waals surface area contributed by atoms with Crippen LogP contribution in [0.4, 0.5) is 10.2 Å².